The molecular formula is C27H20ClF5N8O3. The third-order valence-electron chi connectivity index (χ3n) is 6.11. The molecule has 1 atom stereocenters. The third kappa shape index (κ3) is 6.76. The van der Waals surface area contributed by atoms with E-state index in [9.17, 15) is 31.5 Å². The predicted molar refractivity (Wildman–Crippen MR) is 149 cm³/mol. The molecule has 0 fully saturated rings. The summed E-state index contributed by atoms with van der Waals surface area (Å²) in [4.78, 5) is 29.3. The Bertz CT molecular complexity index is 1830. The maximum absolute atomic E-state index is 14.1. The molecule has 0 aliphatic rings. The fourth-order valence-electron chi connectivity index (χ4n) is 4.27. The number of fused-ring (bicyclic) bond motifs is 1. The number of carbonyl (C=O) groups is 2. The molecule has 0 saturated heterocycles. The number of nitrogens with one attached hydrogen (secondary N) is 3. The number of aromatic nitrogens is 5. The van der Waals surface area contributed by atoms with Gasteiger partial charge in [-0.05, 0) is 37.3 Å². The van der Waals surface area contributed by atoms with Crippen LogP contribution in [0.1, 0.15) is 34.6 Å². The van der Waals surface area contributed by atoms with Crippen LogP contribution in [-0.4, -0.2) is 42.9 Å². The number of rotatable bonds is 8. The average Bonchev–Trinajstić information content (AvgIpc) is 3.58. The van der Waals surface area contributed by atoms with Gasteiger partial charge in [0.05, 0.1) is 46.9 Å². The van der Waals surface area contributed by atoms with Gasteiger partial charge in [0.1, 0.15) is 6.10 Å². The van der Waals surface area contributed by atoms with E-state index in [-0.39, 0.29) is 39.2 Å². The van der Waals surface area contributed by atoms with Gasteiger partial charge in [-0.1, -0.05) is 29.8 Å². The zero-order valence-electron chi connectivity index (χ0n) is 22.3. The Kier molecular flexibility index (Phi) is 8.46. The molecule has 0 bridgehead atoms. The minimum atomic E-state index is -4.87. The summed E-state index contributed by atoms with van der Waals surface area (Å²) in [6, 6.07) is 11.5. The third-order valence-corrected chi connectivity index (χ3v) is 6.30. The fraction of sp³-hybridized carbons (Fsp3) is 0.148. The molecule has 2 aromatic carbocycles. The molecule has 5 aromatic rings. The molecule has 228 valence electrons. The van der Waals surface area contributed by atoms with E-state index in [4.69, 9.17) is 11.6 Å². The van der Waals surface area contributed by atoms with Crippen molar-refractivity contribution in [2.75, 3.05) is 16.0 Å². The number of ether oxygens (including phenoxy) is 1. The van der Waals surface area contributed by atoms with Crippen LogP contribution in [0, 0.1) is 0 Å². The Balaban J connectivity index is 1.37. The molecule has 0 aliphatic carbocycles. The molecule has 17 heteroatoms. The number of benzene rings is 2. The molecule has 0 spiro atoms. The molecule has 3 N–H and O–H groups in total. The summed E-state index contributed by atoms with van der Waals surface area (Å²) in [7, 11) is 0. The van der Waals surface area contributed by atoms with Gasteiger partial charge >= 0.3 is 18.8 Å². The number of urea groups is 1. The zero-order chi connectivity index (χ0) is 31.6. The number of hydrogen-bond donors (Lipinski definition) is 3. The summed E-state index contributed by atoms with van der Waals surface area (Å²) in [5, 5.41) is 15.1. The second-order valence-electron chi connectivity index (χ2n) is 9.14. The van der Waals surface area contributed by atoms with Gasteiger partial charge in [-0.25, -0.2) is 19.0 Å². The normalized spacial score (nSPS) is 12.4. The molecule has 3 amide bonds. The smallest absolute Gasteiger partial charge is 0.319 e. The second kappa shape index (κ2) is 12.3. The van der Waals surface area contributed by atoms with Crippen LogP contribution in [0.3, 0.4) is 0 Å². The molecule has 0 unspecified atom stereocenters. The van der Waals surface area contributed by atoms with Gasteiger partial charge in [0, 0.05) is 17.3 Å². The first kappa shape index (κ1) is 30.4. The molecule has 11 nitrogen and oxygen atoms in total. The summed E-state index contributed by atoms with van der Waals surface area (Å²) >= 11 is 5.91. The van der Waals surface area contributed by atoms with E-state index in [0.29, 0.717) is 11.6 Å². The van der Waals surface area contributed by atoms with E-state index >= 15 is 0 Å². The van der Waals surface area contributed by atoms with Crippen LogP contribution in [0.25, 0.3) is 11.3 Å². The van der Waals surface area contributed by atoms with Crippen LogP contribution in [0.5, 0.6) is 0 Å². The molecule has 0 saturated carbocycles. The number of amides is 3. The Morgan fingerprint density at radius 2 is 1.73 bits per heavy atom. The lowest BCUT2D eigenvalue weighted by molar-refractivity contribution is -0.160. The molecule has 44 heavy (non-hydrogen) atoms. The maximum atomic E-state index is 14.1. The van der Waals surface area contributed by atoms with Crippen molar-refractivity contribution in [3.05, 3.63) is 95.2 Å². The summed E-state index contributed by atoms with van der Waals surface area (Å²) in [6.45, 7) is -1.88. The van der Waals surface area contributed by atoms with E-state index in [1.165, 1.54) is 31.5 Å². The van der Waals surface area contributed by atoms with Crippen molar-refractivity contribution >= 4 is 46.2 Å². The standard InChI is InChI=1S/C27H20ClF5N8O3/c1-14(44-25(29)30)23-19(12-34-22-10-21(28)39-41(22)23)38-26(43)37-16-7-8-20(18(9-16)27(31,32)33)40-13-17(11-35-40)36-24(42)15-5-3-2-4-6-15/h2-14,25H,1H3,(H,36,42)(H2,37,38,43)/t14-/m0/s1. The highest BCUT2D eigenvalue weighted by atomic mass is 35.5. The Hall–Kier alpha value is -5.09. The summed E-state index contributed by atoms with van der Waals surface area (Å²) < 4.78 is 74.8. The van der Waals surface area contributed by atoms with E-state index in [1.807, 2.05) is 0 Å². The van der Waals surface area contributed by atoms with Gasteiger partial charge in [0.15, 0.2) is 10.8 Å². The molecular weight excluding hydrogens is 615 g/mol. The van der Waals surface area contributed by atoms with Crippen molar-refractivity contribution in [2.45, 2.75) is 25.8 Å². The van der Waals surface area contributed by atoms with Gasteiger partial charge < -0.3 is 20.7 Å². The van der Waals surface area contributed by atoms with Gasteiger partial charge in [-0.15, -0.1) is 0 Å². The van der Waals surface area contributed by atoms with Crippen molar-refractivity contribution in [1.29, 1.82) is 0 Å². The zero-order valence-corrected chi connectivity index (χ0v) is 23.1. The van der Waals surface area contributed by atoms with Crippen LogP contribution in [-0.2, 0) is 10.9 Å². The van der Waals surface area contributed by atoms with E-state index in [2.05, 4.69) is 35.9 Å². The Morgan fingerprint density at radius 3 is 2.43 bits per heavy atom. The average molecular weight is 635 g/mol. The SMILES string of the molecule is C[C@H](OC(F)F)c1c(NC(=O)Nc2ccc(-n3cc(NC(=O)c4ccccc4)cn3)c(C(F)(F)F)c2)cnc2cc(Cl)nn12. The van der Waals surface area contributed by atoms with Gasteiger partial charge in [0.25, 0.3) is 5.91 Å². The van der Waals surface area contributed by atoms with E-state index < -0.39 is 36.4 Å². The van der Waals surface area contributed by atoms with E-state index in [0.717, 1.165) is 21.5 Å². The van der Waals surface area contributed by atoms with Crippen LogP contribution < -0.4 is 16.0 Å². The highest BCUT2D eigenvalue weighted by Gasteiger charge is 2.35. The van der Waals surface area contributed by atoms with Crippen molar-refractivity contribution in [1.82, 2.24) is 24.4 Å². The molecule has 5 rings (SSSR count). The molecule has 3 heterocycles. The number of nitrogens with zero attached hydrogens (tertiary/aromatic N) is 5. The minimum absolute atomic E-state index is 0.00718. The lowest BCUT2D eigenvalue weighted by Gasteiger charge is -2.19. The highest BCUT2D eigenvalue weighted by molar-refractivity contribution is 6.29. The largest absolute Gasteiger partial charge is 0.418 e. The lowest BCUT2D eigenvalue weighted by Crippen LogP contribution is -2.23. The quantitative estimate of drug-likeness (QED) is 0.161. The summed E-state index contributed by atoms with van der Waals surface area (Å²) in [5.74, 6) is -0.477. The number of anilines is 3. The van der Waals surface area contributed by atoms with Crippen LogP contribution in [0.4, 0.5) is 43.8 Å². The second-order valence-corrected chi connectivity index (χ2v) is 9.52. The molecule has 0 radical (unpaired) electrons. The number of alkyl halides is 5. The minimum Gasteiger partial charge on any atom is -0.319 e. The Labute approximate surface area is 249 Å². The van der Waals surface area contributed by atoms with Crippen molar-refractivity contribution in [3.8, 4) is 5.69 Å². The van der Waals surface area contributed by atoms with Crippen molar-refractivity contribution in [3.63, 3.8) is 0 Å². The molecule has 3 aromatic heterocycles. The van der Waals surface area contributed by atoms with Crippen LogP contribution in [0.15, 0.2) is 73.2 Å². The van der Waals surface area contributed by atoms with Gasteiger partial charge in [-0.3, -0.25) is 4.79 Å². The van der Waals surface area contributed by atoms with Crippen molar-refractivity contribution < 1.29 is 36.3 Å². The van der Waals surface area contributed by atoms with Crippen LogP contribution >= 0.6 is 11.6 Å². The Morgan fingerprint density at radius 1 is 0.977 bits per heavy atom. The number of carbonyl (C=O) groups excluding carboxylic acids is 2. The first-order valence-corrected chi connectivity index (χ1v) is 13.0. The summed E-state index contributed by atoms with van der Waals surface area (Å²) in [6.07, 6.45) is -2.63. The molecule has 0 aliphatic heterocycles. The summed E-state index contributed by atoms with van der Waals surface area (Å²) in [5.41, 5.74) is -1.27. The van der Waals surface area contributed by atoms with Crippen LogP contribution in [0.2, 0.25) is 5.15 Å². The highest BCUT2D eigenvalue weighted by Crippen LogP contribution is 2.36. The monoisotopic (exact) mass is 634 g/mol. The van der Waals surface area contributed by atoms with E-state index in [1.54, 1.807) is 30.3 Å². The van der Waals surface area contributed by atoms with Crippen molar-refractivity contribution in [2.24, 2.45) is 0 Å². The fourth-order valence-corrected chi connectivity index (χ4v) is 4.44. The van der Waals surface area contributed by atoms with Gasteiger partial charge in [0.2, 0.25) is 0 Å². The first-order chi connectivity index (χ1) is 20.9. The van der Waals surface area contributed by atoms with Gasteiger partial charge in [-0.2, -0.15) is 32.1 Å². The predicted octanol–water partition coefficient (Wildman–Crippen LogP) is 6.78. The number of halogens is 6. The lowest BCUT2D eigenvalue weighted by atomic mass is 10.1. The maximum Gasteiger partial charge on any atom is 0.418 e. The first-order valence-electron chi connectivity index (χ1n) is 12.6. The topological polar surface area (TPSA) is 127 Å². The number of hydrogen-bond acceptors (Lipinski definition) is 6.